The van der Waals surface area contributed by atoms with Gasteiger partial charge in [0.1, 0.15) is 5.92 Å². The highest BCUT2D eigenvalue weighted by molar-refractivity contribution is 6.31. The predicted molar refractivity (Wildman–Crippen MR) is 69.4 cm³/mol. The van der Waals surface area contributed by atoms with Gasteiger partial charge < -0.3 is 15.2 Å². The summed E-state index contributed by atoms with van der Waals surface area (Å²) in [6, 6.07) is 4.46. The van der Waals surface area contributed by atoms with Gasteiger partial charge in [0.25, 0.3) is 5.91 Å². The van der Waals surface area contributed by atoms with Crippen LogP contribution in [0.3, 0.4) is 0 Å². The number of rotatable bonds is 3. The number of carboxylic acid groups (broad SMARTS) is 1. The fourth-order valence-corrected chi connectivity index (χ4v) is 2.11. The maximum absolute atomic E-state index is 12.0. The zero-order chi connectivity index (χ0) is 14.0. The summed E-state index contributed by atoms with van der Waals surface area (Å²) < 4.78 is 5.09. The molecule has 0 aromatic heterocycles. The standard InChI is InChI=1S/C13H14ClNO4/c1-7-2-3-8(4-10(7)14)12(16)15-11-6-19-5-9(11)13(17)18/h2-4,9,11H,5-6H2,1H3,(H,15,16)(H,17,18). The first kappa shape index (κ1) is 13.8. The molecule has 1 aromatic carbocycles. The first-order valence-electron chi connectivity index (χ1n) is 5.86. The molecule has 0 aliphatic carbocycles. The smallest absolute Gasteiger partial charge is 0.311 e. The number of hydrogen-bond donors (Lipinski definition) is 2. The summed E-state index contributed by atoms with van der Waals surface area (Å²) in [5.41, 5.74) is 1.29. The minimum atomic E-state index is -0.968. The van der Waals surface area contributed by atoms with Crippen LogP contribution in [0.25, 0.3) is 0 Å². The Balaban J connectivity index is 2.08. The Labute approximate surface area is 115 Å². The first-order chi connectivity index (χ1) is 8.99. The molecule has 0 radical (unpaired) electrons. The molecule has 102 valence electrons. The van der Waals surface area contributed by atoms with Crippen LogP contribution in [0.4, 0.5) is 0 Å². The quantitative estimate of drug-likeness (QED) is 0.881. The largest absolute Gasteiger partial charge is 0.481 e. The Hall–Kier alpha value is -1.59. The Kier molecular flexibility index (Phi) is 4.07. The van der Waals surface area contributed by atoms with E-state index in [1.807, 2.05) is 6.92 Å². The third-order valence-corrected chi connectivity index (χ3v) is 3.56. The number of halogens is 1. The molecule has 2 atom stereocenters. The van der Waals surface area contributed by atoms with E-state index >= 15 is 0 Å². The number of benzene rings is 1. The Morgan fingerprint density at radius 1 is 1.42 bits per heavy atom. The second-order valence-corrected chi connectivity index (χ2v) is 4.93. The van der Waals surface area contributed by atoms with Gasteiger partial charge >= 0.3 is 5.97 Å². The highest BCUT2D eigenvalue weighted by Gasteiger charge is 2.35. The zero-order valence-corrected chi connectivity index (χ0v) is 11.1. The summed E-state index contributed by atoms with van der Waals surface area (Å²) in [5.74, 6) is -2.02. The van der Waals surface area contributed by atoms with E-state index in [1.165, 1.54) is 0 Å². The highest BCUT2D eigenvalue weighted by Crippen LogP contribution is 2.18. The summed E-state index contributed by atoms with van der Waals surface area (Å²) in [6.07, 6.45) is 0. The number of aryl methyl sites for hydroxylation is 1. The molecule has 2 rings (SSSR count). The van der Waals surface area contributed by atoms with Gasteiger partial charge in [0, 0.05) is 10.6 Å². The van der Waals surface area contributed by atoms with Crippen LogP contribution in [0, 0.1) is 12.8 Å². The van der Waals surface area contributed by atoms with Gasteiger partial charge in [0.05, 0.1) is 19.3 Å². The van der Waals surface area contributed by atoms with Crippen LogP contribution in [0.1, 0.15) is 15.9 Å². The third kappa shape index (κ3) is 3.05. The van der Waals surface area contributed by atoms with E-state index in [9.17, 15) is 9.59 Å². The van der Waals surface area contributed by atoms with E-state index in [1.54, 1.807) is 18.2 Å². The zero-order valence-electron chi connectivity index (χ0n) is 10.4. The molecule has 1 aliphatic rings. The van der Waals surface area contributed by atoms with E-state index in [0.29, 0.717) is 10.6 Å². The molecule has 2 unspecified atom stereocenters. The van der Waals surface area contributed by atoms with Crippen molar-refractivity contribution in [2.45, 2.75) is 13.0 Å². The summed E-state index contributed by atoms with van der Waals surface area (Å²) in [7, 11) is 0. The number of ether oxygens (including phenoxy) is 1. The third-order valence-electron chi connectivity index (χ3n) is 3.15. The van der Waals surface area contributed by atoms with Crippen molar-refractivity contribution in [1.82, 2.24) is 5.32 Å². The summed E-state index contributed by atoms with van der Waals surface area (Å²) >= 11 is 5.95. The van der Waals surface area contributed by atoms with Crippen LogP contribution >= 0.6 is 11.6 Å². The summed E-state index contributed by atoms with van der Waals surface area (Å²) in [5, 5.41) is 12.2. The molecule has 2 N–H and O–H groups in total. The number of nitrogens with one attached hydrogen (secondary N) is 1. The lowest BCUT2D eigenvalue weighted by atomic mass is 10.0. The summed E-state index contributed by atoms with van der Waals surface area (Å²) in [6.45, 7) is 2.17. The lowest BCUT2D eigenvalue weighted by molar-refractivity contribution is -0.142. The number of hydrogen-bond acceptors (Lipinski definition) is 3. The summed E-state index contributed by atoms with van der Waals surface area (Å²) in [4.78, 5) is 23.0. The van der Waals surface area contributed by atoms with Gasteiger partial charge in [0.15, 0.2) is 0 Å². The second kappa shape index (κ2) is 5.59. The lowest BCUT2D eigenvalue weighted by Gasteiger charge is -2.15. The van der Waals surface area contributed by atoms with Gasteiger partial charge in [-0.2, -0.15) is 0 Å². The molecular formula is C13H14ClNO4. The molecule has 6 heteroatoms. The fraction of sp³-hybridized carbons (Fsp3) is 0.385. The molecule has 19 heavy (non-hydrogen) atoms. The molecule has 0 bridgehead atoms. The number of carbonyl (C=O) groups excluding carboxylic acids is 1. The molecule has 1 fully saturated rings. The van der Waals surface area contributed by atoms with Crippen LogP contribution in [-0.4, -0.2) is 36.2 Å². The van der Waals surface area contributed by atoms with Crippen molar-refractivity contribution in [2.24, 2.45) is 5.92 Å². The molecule has 1 aliphatic heterocycles. The maximum atomic E-state index is 12.0. The van der Waals surface area contributed by atoms with E-state index in [0.717, 1.165) is 5.56 Å². The van der Waals surface area contributed by atoms with Gasteiger partial charge in [-0.05, 0) is 24.6 Å². The number of carboxylic acids is 1. The van der Waals surface area contributed by atoms with Crippen molar-refractivity contribution in [3.63, 3.8) is 0 Å². The van der Waals surface area contributed by atoms with Crippen LogP contribution in [0.5, 0.6) is 0 Å². The van der Waals surface area contributed by atoms with Gasteiger partial charge in [0.2, 0.25) is 0 Å². The van der Waals surface area contributed by atoms with Gasteiger partial charge in [-0.25, -0.2) is 0 Å². The maximum Gasteiger partial charge on any atom is 0.311 e. The predicted octanol–water partition coefficient (Wildman–Crippen LogP) is 1.48. The van der Waals surface area contributed by atoms with E-state index < -0.39 is 17.9 Å². The van der Waals surface area contributed by atoms with Gasteiger partial charge in [-0.1, -0.05) is 17.7 Å². The van der Waals surface area contributed by atoms with Crippen LogP contribution in [0.2, 0.25) is 5.02 Å². The van der Waals surface area contributed by atoms with Crippen LogP contribution in [-0.2, 0) is 9.53 Å². The van der Waals surface area contributed by atoms with Crippen molar-refractivity contribution in [3.8, 4) is 0 Å². The molecule has 1 saturated heterocycles. The number of aliphatic carboxylic acids is 1. The number of carbonyl (C=O) groups is 2. The topological polar surface area (TPSA) is 75.6 Å². The van der Waals surface area contributed by atoms with Gasteiger partial charge in [-0.15, -0.1) is 0 Å². The fourth-order valence-electron chi connectivity index (χ4n) is 1.93. The van der Waals surface area contributed by atoms with Crippen molar-refractivity contribution in [3.05, 3.63) is 34.3 Å². The molecule has 5 nitrogen and oxygen atoms in total. The number of amides is 1. The molecule has 1 heterocycles. The van der Waals surface area contributed by atoms with Crippen molar-refractivity contribution in [2.75, 3.05) is 13.2 Å². The molecular weight excluding hydrogens is 270 g/mol. The SMILES string of the molecule is Cc1ccc(C(=O)NC2COCC2C(=O)O)cc1Cl. The molecule has 1 aromatic rings. The van der Waals surface area contributed by atoms with E-state index in [4.69, 9.17) is 21.4 Å². The molecule has 0 spiro atoms. The van der Waals surface area contributed by atoms with Gasteiger partial charge in [-0.3, -0.25) is 9.59 Å². The average Bonchev–Trinajstić information content (AvgIpc) is 2.80. The van der Waals surface area contributed by atoms with E-state index in [2.05, 4.69) is 5.32 Å². The van der Waals surface area contributed by atoms with Crippen molar-refractivity contribution < 1.29 is 19.4 Å². The minimum absolute atomic E-state index is 0.120. The normalized spacial score (nSPS) is 22.2. The lowest BCUT2D eigenvalue weighted by Crippen LogP contribution is -2.42. The molecule has 1 amide bonds. The Morgan fingerprint density at radius 2 is 2.16 bits per heavy atom. The monoisotopic (exact) mass is 283 g/mol. The second-order valence-electron chi connectivity index (χ2n) is 4.53. The van der Waals surface area contributed by atoms with Crippen molar-refractivity contribution in [1.29, 1.82) is 0 Å². The van der Waals surface area contributed by atoms with Crippen molar-refractivity contribution >= 4 is 23.5 Å². The van der Waals surface area contributed by atoms with Crippen LogP contribution in [0.15, 0.2) is 18.2 Å². The van der Waals surface area contributed by atoms with Crippen LogP contribution < -0.4 is 5.32 Å². The first-order valence-corrected chi connectivity index (χ1v) is 6.24. The van der Waals surface area contributed by atoms with E-state index in [-0.39, 0.29) is 19.1 Å². The Bertz CT molecular complexity index is 517. The molecule has 0 saturated carbocycles. The Morgan fingerprint density at radius 3 is 2.79 bits per heavy atom. The average molecular weight is 284 g/mol. The minimum Gasteiger partial charge on any atom is -0.481 e. The highest BCUT2D eigenvalue weighted by atomic mass is 35.5.